The Morgan fingerprint density at radius 1 is 0.806 bits per heavy atom. The predicted molar refractivity (Wildman–Crippen MR) is 141 cm³/mol. The number of rotatable bonds is 15. The molecule has 0 saturated heterocycles. The van der Waals surface area contributed by atoms with Crippen molar-refractivity contribution in [1.82, 2.24) is 9.97 Å². The molecule has 0 atom stereocenters. The Morgan fingerprint density at radius 3 is 2.11 bits per heavy atom. The van der Waals surface area contributed by atoms with Crippen molar-refractivity contribution >= 4 is 5.97 Å². The van der Waals surface area contributed by atoms with Crippen LogP contribution in [0.3, 0.4) is 0 Å². The first kappa shape index (κ1) is 27.3. The van der Waals surface area contributed by atoms with Gasteiger partial charge in [-0.05, 0) is 61.2 Å². The van der Waals surface area contributed by atoms with Gasteiger partial charge in [-0.1, -0.05) is 58.8 Å². The monoisotopic (exact) mass is 492 g/mol. The van der Waals surface area contributed by atoms with Gasteiger partial charge < -0.3 is 9.47 Å². The summed E-state index contributed by atoms with van der Waals surface area (Å²) in [5.74, 6) is -0.0785. The van der Waals surface area contributed by atoms with Crippen molar-refractivity contribution in [3.05, 3.63) is 71.8 Å². The number of carbonyl (C=O) groups excluding carboxylic acids is 1. The molecule has 0 N–H and O–H groups in total. The Kier molecular flexibility index (Phi) is 11.4. The van der Waals surface area contributed by atoms with Gasteiger partial charge in [0.1, 0.15) is 17.3 Å². The molecule has 0 saturated carbocycles. The number of aromatic nitrogens is 2. The Morgan fingerprint density at radius 2 is 1.44 bits per heavy atom. The number of hydrogen-bond donors (Lipinski definition) is 0. The van der Waals surface area contributed by atoms with Gasteiger partial charge in [-0.15, -0.1) is 0 Å². The first-order valence-electron chi connectivity index (χ1n) is 13.2. The second-order valence-corrected chi connectivity index (χ2v) is 9.04. The summed E-state index contributed by atoms with van der Waals surface area (Å²) in [7, 11) is 0. The molecule has 3 aromatic rings. The molecule has 36 heavy (non-hydrogen) atoms. The lowest BCUT2D eigenvalue weighted by Crippen LogP contribution is -2.11. The molecule has 1 heterocycles. The molecule has 0 bridgehead atoms. The van der Waals surface area contributed by atoms with Gasteiger partial charge in [0.05, 0.1) is 12.2 Å². The summed E-state index contributed by atoms with van der Waals surface area (Å²) in [6, 6.07) is 11.1. The van der Waals surface area contributed by atoms with Gasteiger partial charge in [-0.3, -0.25) is 0 Å². The number of hydrogen-bond acceptors (Lipinski definition) is 5. The highest BCUT2D eigenvalue weighted by atomic mass is 19.1. The van der Waals surface area contributed by atoms with Crippen LogP contribution in [0.1, 0.15) is 87.6 Å². The topological polar surface area (TPSA) is 61.3 Å². The van der Waals surface area contributed by atoms with E-state index < -0.39 is 11.8 Å². The third-order valence-corrected chi connectivity index (χ3v) is 6.02. The van der Waals surface area contributed by atoms with Gasteiger partial charge in [0, 0.05) is 24.0 Å². The van der Waals surface area contributed by atoms with Gasteiger partial charge in [0.15, 0.2) is 5.82 Å². The molecule has 0 aliphatic rings. The van der Waals surface area contributed by atoms with E-state index in [2.05, 4.69) is 23.8 Å². The lowest BCUT2D eigenvalue weighted by molar-refractivity contribution is 0.0730. The van der Waals surface area contributed by atoms with Crippen LogP contribution >= 0.6 is 0 Å². The first-order chi connectivity index (χ1) is 17.6. The third kappa shape index (κ3) is 8.74. The fourth-order valence-corrected chi connectivity index (χ4v) is 3.87. The minimum absolute atomic E-state index is 0.133. The van der Waals surface area contributed by atoms with E-state index in [4.69, 9.17) is 9.47 Å². The fraction of sp³-hybridized carbons (Fsp3) is 0.433. The fourth-order valence-electron chi connectivity index (χ4n) is 3.87. The molecule has 2 aromatic carbocycles. The molecule has 6 heteroatoms. The second kappa shape index (κ2) is 15.0. The zero-order chi connectivity index (χ0) is 25.6. The number of nitrogens with zero attached hydrogens (tertiary/aromatic N) is 2. The van der Waals surface area contributed by atoms with Gasteiger partial charge in [-0.2, -0.15) is 0 Å². The number of carbonyl (C=O) groups is 1. The maximum Gasteiger partial charge on any atom is 0.346 e. The van der Waals surface area contributed by atoms with Crippen molar-refractivity contribution in [2.75, 3.05) is 6.61 Å². The van der Waals surface area contributed by atoms with E-state index in [1.807, 2.05) is 12.4 Å². The Labute approximate surface area is 214 Å². The summed E-state index contributed by atoms with van der Waals surface area (Å²) in [6.07, 6.45) is 15.2. The van der Waals surface area contributed by atoms with Crippen LogP contribution < -0.4 is 9.47 Å². The lowest BCUT2D eigenvalue weighted by Gasteiger charge is -2.09. The zero-order valence-electron chi connectivity index (χ0n) is 21.5. The molecule has 5 nitrogen and oxygen atoms in total. The predicted octanol–water partition coefficient (Wildman–Crippen LogP) is 7.97. The van der Waals surface area contributed by atoms with Crippen molar-refractivity contribution in [2.45, 2.75) is 78.1 Å². The molecular weight excluding hydrogens is 455 g/mol. The summed E-state index contributed by atoms with van der Waals surface area (Å²) >= 11 is 0. The second-order valence-electron chi connectivity index (χ2n) is 9.04. The summed E-state index contributed by atoms with van der Waals surface area (Å²) in [5.41, 5.74) is 1.82. The summed E-state index contributed by atoms with van der Waals surface area (Å²) in [6.45, 7) is 4.89. The van der Waals surface area contributed by atoms with Crippen LogP contribution in [0.2, 0.25) is 0 Å². The van der Waals surface area contributed by atoms with Crippen molar-refractivity contribution in [2.24, 2.45) is 0 Å². The molecule has 0 amide bonds. The van der Waals surface area contributed by atoms with Gasteiger partial charge in [-0.25, -0.2) is 19.2 Å². The maximum absolute atomic E-state index is 14.5. The Hall–Kier alpha value is -3.28. The Balaban J connectivity index is 1.51. The molecule has 0 radical (unpaired) electrons. The van der Waals surface area contributed by atoms with Crippen molar-refractivity contribution in [3.8, 4) is 22.9 Å². The average Bonchev–Trinajstić information content (AvgIpc) is 2.89. The van der Waals surface area contributed by atoms with Crippen molar-refractivity contribution < 1.29 is 18.7 Å². The summed E-state index contributed by atoms with van der Waals surface area (Å²) in [4.78, 5) is 21.4. The van der Waals surface area contributed by atoms with Gasteiger partial charge in [0.2, 0.25) is 0 Å². The van der Waals surface area contributed by atoms with E-state index in [1.165, 1.54) is 37.8 Å². The molecule has 192 valence electrons. The number of unbranched alkanes of at least 4 members (excludes halogenated alkanes) is 7. The number of aryl methyl sites for hydroxylation is 1. The number of halogens is 1. The van der Waals surface area contributed by atoms with Crippen LogP contribution in [0.5, 0.6) is 11.5 Å². The molecule has 0 spiro atoms. The highest BCUT2D eigenvalue weighted by Gasteiger charge is 2.15. The standard InChI is InChI=1S/C30H37FN2O3/c1-3-5-7-9-10-12-23-21-32-29(33-22-23)24-13-15-25(16-14-24)36-30(34)27-18-17-26(20-28(27)31)35-19-11-8-6-4-2/h13-18,20-22H,3-12,19H2,1-2H3. The molecule has 1 aromatic heterocycles. The highest BCUT2D eigenvalue weighted by Crippen LogP contribution is 2.22. The average molecular weight is 493 g/mol. The normalized spacial score (nSPS) is 10.9. The van der Waals surface area contributed by atoms with E-state index in [1.54, 1.807) is 30.3 Å². The van der Waals surface area contributed by atoms with Crippen LogP contribution in [0.4, 0.5) is 4.39 Å². The molecule has 0 fully saturated rings. The first-order valence-corrected chi connectivity index (χ1v) is 13.2. The quantitative estimate of drug-likeness (QED) is 0.122. The highest BCUT2D eigenvalue weighted by molar-refractivity contribution is 5.91. The zero-order valence-corrected chi connectivity index (χ0v) is 21.5. The third-order valence-electron chi connectivity index (χ3n) is 6.02. The largest absolute Gasteiger partial charge is 0.493 e. The van der Waals surface area contributed by atoms with Crippen LogP contribution in [0.25, 0.3) is 11.4 Å². The van der Waals surface area contributed by atoms with Crippen LogP contribution in [-0.4, -0.2) is 22.5 Å². The smallest absolute Gasteiger partial charge is 0.346 e. The lowest BCUT2D eigenvalue weighted by atomic mass is 10.1. The van der Waals surface area contributed by atoms with E-state index in [9.17, 15) is 9.18 Å². The van der Waals surface area contributed by atoms with E-state index in [0.29, 0.717) is 23.9 Å². The van der Waals surface area contributed by atoms with Crippen LogP contribution in [0.15, 0.2) is 54.9 Å². The maximum atomic E-state index is 14.5. The van der Waals surface area contributed by atoms with E-state index in [0.717, 1.165) is 49.7 Å². The van der Waals surface area contributed by atoms with E-state index >= 15 is 0 Å². The van der Waals surface area contributed by atoms with Gasteiger partial charge in [0.25, 0.3) is 0 Å². The minimum atomic E-state index is -0.755. The number of ether oxygens (including phenoxy) is 2. The molecule has 3 rings (SSSR count). The molecular formula is C30H37FN2O3. The molecule has 0 aliphatic heterocycles. The van der Waals surface area contributed by atoms with Crippen molar-refractivity contribution in [1.29, 1.82) is 0 Å². The summed E-state index contributed by atoms with van der Waals surface area (Å²) < 4.78 is 25.4. The Bertz CT molecular complexity index is 1070. The minimum Gasteiger partial charge on any atom is -0.493 e. The molecule has 0 unspecified atom stereocenters. The van der Waals surface area contributed by atoms with E-state index in [-0.39, 0.29) is 5.56 Å². The number of esters is 1. The van der Waals surface area contributed by atoms with Gasteiger partial charge >= 0.3 is 5.97 Å². The molecule has 0 aliphatic carbocycles. The SMILES string of the molecule is CCCCCCCc1cnc(-c2ccc(OC(=O)c3ccc(OCCCCCC)cc3F)cc2)nc1. The van der Waals surface area contributed by atoms with Crippen LogP contribution in [-0.2, 0) is 6.42 Å². The van der Waals surface area contributed by atoms with Crippen molar-refractivity contribution in [3.63, 3.8) is 0 Å². The number of benzene rings is 2. The van der Waals surface area contributed by atoms with Crippen LogP contribution in [0, 0.1) is 5.82 Å². The summed E-state index contributed by atoms with van der Waals surface area (Å²) in [5, 5.41) is 0.